The average molecular weight is 292 g/mol. The number of halogens is 1. The summed E-state index contributed by atoms with van der Waals surface area (Å²) in [5, 5.41) is 0. The lowest BCUT2D eigenvalue weighted by Crippen LogP contribution is -2.25. The van der Waals surface area contributed by atoms with E-state index >= 15 is 0 Å². The Morgan fingerprint density at radius 1 is 1.40 bits per heavy atom. The van der Waals surface area contributed by atoms with Gasteiger partial charge in [-0.25, -0.2) is 9.37 Å². The first-order valence-electron chi connectivity index (χ1n) is 6.30. The molecule has 6 heteroatoms. The van der Waals surface area contributed by atoms with Crippen molar-refractivity contribution >= 4 is 11.8 Å². The zero-order valence-corrected chi connectivity index (χ0v) is 11.5. The SMILES string of the molecule is O=c1[nH]c(CSc2ccccc2F)nc2c1COCC2. The Bertz CT molecular complexity index is 687. The van der Waals surface area contributed by atoms with Gasteiger partial charge in [-0.3, -0.25) is 4.79 Å². The summed E-state index contributed by atoms with van der Waals surface area (Å²) in [5.41, 5.74) is 1.25. The Hall–Kier alpha value is -1.66. The number of nitrogens with one attached hydrogen (secondary N) is 1. The number of H-pyrrole nitrogens is 1. The summed E-state index contributed by atoms with van der Waals surface area (Å²) >= 11 is 1.32. The van der Waals surface area contributed by atoms with Gasteiger partial charge in [0.1, 0.15) is 11.6 Å². The highest BCUT2D eigenvalue weighted by atomic mass is 32.2. The van der Waals surface area contributed by atoms with Gasteiger partial charge in [0.15, 0.2) is 0 Å². The van der Waals surface area contributed by atoms with Gasteiger partial charge in [-0.2, -0.15) is 0 Å². The minimum atomic E-state index is -0.258. The van der Waals surface area contributed by atoms with Crippen molar-refractivity contribution in [1.82, 2.24) is 9.97 Å². The molecule has 0 saturated heterocycles. The highest BCUT2D eigenvalue weighted by Crippen LogP contribution is 2.24. The maximum atomic E-state index is 13.5. The van der Waals surface area contributed by atoms with Gasteiger partial charge in [-0.15, -0.1) is 11.8 Å². The number of nitrogens with zero attached hydrogens (tertiary/aromatic N) is 1. The summed E-state index contributed by atoms with van der Waals surface area (Å²) in [6.45, 7) is 0.905. The van der Waals surface area contributed by atoms with Crippen molar-refractivity contribution in [2.75, 3.05) is 6.61 Å². The molecule has 0 bridgehead atoms. The Balaban J connectivity index is 1.80. The molecular weight excluding hydrogens is 279 g/mol. The van der Waals surface area contributed by atoms with Gasteiger partial charge >= 0.3 is 0 Å². The molecule has 104 valence electrons. The first kappa shape index (κ1) is 13.3. The van der Waals surface area contributed by atoms with Crippen LogP contribution in [-0.2, 0) is 23.5 Å². The number of benzene rings is 1. The van der Waals surface area contributed by atoms with Crippen molar-refractivity contribution in [3.63, 3.8) is 0 Å². The molecule has 1 aliphatic rings. The minimum Gasteiger partial charge on any atom is -0.376 e. The monoisotopic (exact) mass is 292 g/mol. The van der Waals surface area contributed by atoms with Crippen LogP contribution in [0, 0.1) is 5.82 Å². The fourth-order valence-corrected chi connectivity index (χ4v) is 2.88. The molecule has 0 aliphatic carbocycles. The standard InChI is InChI=1S/C14H13FN2O2S/c15-10-3-1-2-4-12(10)20-8-13-16-11-5-6-19-7-9(11)14(18)17-13/h1-4H,5-8H2,(H,16,17,18). The number of aromatic amines is 1. The molecule has 1 N–H and O–H groups in total. The number of hydrogen-bond acceptors (Lipinski definition) is 4. The lowest BCUT2D eigenvalue weighted by Gasteiger charge is -2.15. The molecule has 2 heterocycles. The van der Waals surface area contributed by atoms with Crippen LogP contribution in [0.15, 0.2) is 34.0 Å². The molecule has 0 fully saturated rings. The second-order valence-corrected chi connectivity index (χ2v) is 5.48. The fraction of sp³-hybridized carbons (Fsp3) is 0.286. The van der Waals surface area contributed by atoms with Crippen LogP contribution in [0.4, 0.5) is 4.39 Å². The highest BCUT2D eigenvalue weighted by molar-refractivity contribution is 7.98. The fourth-order valence-electron chi connectivity index (χ4n) is 2.07. The molecule has 0 radical (unpaired) electrons. The Morgan fingerprint density at radius 2 is 2.25 bits per heavy atom. The van der Waals surface area contributed by atoms with E-state index in [1.807, 2.05) is 0 Å². The van der Waals surface area contributed by atoms with E-state index in [0.717, 1.165) is 5.69 Å². The van der Waals surface area contributed by atoms with E-state index in [9.17, 15) is 9.18 Å². The quantitative estimate of drug-likeness (QED) is 0.882. The van der Waals surface area contributed by atoms with E-state index in [4.69, 9.17) is 4.74 Å². The Labute approximate surface area is 119 Å². The van der Waals surface area contributed by atoms with E-state index in [0.29, 0.717) is 41.7 Å². The zero-order chi connectivity index (χ0) is 13.9. The molecule has 0 atom stereocenters. The van der Waals surface area contributed by atoms with Gasteiger partial charge in [-0.05, 0) is 12.1 Å². The van der Waals surface area contributed by atoms with Crippen molar-refractivity contribution in [2.24, 2.45) is 0 Å². The molecule has 1 aromatic carbocycles. The molecule has 3 rings (SSSR count). The van der Waals surface area contributed by atoms with Crippen LogP contribution in [0.3, 0.4) is 0 Å². The van der Waals surface area contributed by atoms with Gasteiger partial charge < -0.3 is 9.72 Å². The first-order valence-corrected chi connectivity index (χ1v) is 7.28. The van der Waals surface area contributed by atoms with Crippen LogP contribution in [0.5, 0.6) is 0 Å². The van der Waals surface area contributed by atoms with Crippen LogP contribution in [0.1, 0.15) is 17.1 Å². The molecule has 20 heavy (non-hydrogen) atoms. The van der Waals surface area contributed by atoms with Crippen LogP contribution in [0.25, 0.3) is 0 Å². The number of rotatable bonds is 3. The van der Waals surface area contributed by atoms with Crippen LogP contribution in [0.2, 0.25) is 0 Å². The summed E-state index contributed by atoms with van der Waals surface area (Å²) in [5.74, 6) is 0.750. The van der Waals surface area contributed by atoms with Crippen molar-refractivity contribution in [3.8, 4) is 0 Å². The van der Waals surface area contributed by atoms with E-state index < -0.39 is 0 Å². The molecule has 1 aliphatic heterocycles. The molecule has 2 aromatic rings. The second kappa shape index (κ2) is 5.76. The molecule has 4 nitrogen and oxygen atoms in total. The molecule has 0 unspecified atom stereocenters. The summed E-state index contributed by atoms with van der Waals surface area (Å²) in [6, 6.07) is 6.57. The maximum absolute atomic E-state index is 13.5. The lowest BCUT2D eigenvalue weighted by molar-refractivity contribution is 0.108. The number of fused-ring (bicyclic) bond motifs is 1. The number of hydrogen-bond donors (Lipinski definition) is 1. The van der Waals surface area contributed by atoms with Crippen LogP contribution >= 0.6 is 11.8 Å². The molecular formula is C14H13FN2O2S. The van der Waals surface area contributed by atoms with Crippen molar-refractivity contribution in [3.05, 3.63) is 57.5 Å². The van der Waals surface area contributed by atoms with E-state index in [1.165, 1.54) is 17.8 Å². The van der Waals surface area contributed by atoms with Gasteiger partial charge in [-0.1, -0.05) is 12.1 Å². The first-order chi connectivity index (χ1) is 9.74. The van der Waals surface area contributed by atoms with Gasteiger partial charge in [0.25, 0.3) is 5.56 Å². The molecule has 0 amide bonds. The topological polar surface area (TPSA) is 55.0 Å². The van der Waals surface area contributed by atoms with Crippen LogP contribution in [-0.4, -0.2) is 16.6 Å². The molecule has 0 saturated carbocycles. The highest BCUT2D eigenvalue weighted by Gasteiger charge is 2.16. The van der Waals surface area contributed by atoms with Gasteiger partial charge in [0, 0.05) is 11.3 Å². The molecule has 0 spiro atoms. The predicted octanol–water partition coefficient (Wildman–Crippen LogP) is 2.27. The molecule has 1 aromatic heterocycles. The largest absolute Gasteiger partial charge is 0.376 e. The van der Waals surface area contributed by atoms with Crippen molar-refractivity contribution in [2.45, 2.75) is 23.7 Å². The summed E-state index contributed by atoms with van der Waals surface area (Å²) < 4.78 is 18.8. The minimum absolute atomic E-state index is 0.154. The second-order valence-electron chi connectivity index (χ2n) is 4.46. The summed E-state index contributed by atoms with van der Waals surface area (Å²) in [6.07, 6.45) is 0.649. The average Bonchev–Trinajstić information content (AvgIpc) is 2.46. The Kier molecular flexibility index (Phi) is 3.84. The smallest absolute Gasteiger partial charge is 0.256 e. The van der Waals surface area contributed by atoms with Gasteiger partial charge in [0.2, 0.25) is 0 Å². The zero-order valence-electron chi connectivity index (χ0n) is 10.7. The summed E-state index contributed by atoms with van der Waals surface area (Å²) in [4.78, 5) is 19.6. The Morgan fingerprint density at radius 3 is 3.10 bits per heavy atom. The van der Waals surface area contributed by atoms with Crippen LogP contribution < -0.4 is 5.56 Å². The summed E-state index contributed by atoms with van der Waals surface area (Å²) in [7, 11) is 0. The van der Waals surface area contributed by atoms with E-state index in [2.05, 4.69) is 9.97 Å². The van der Waals surface area contributed by atoms with E-state index in [-0.39, 0.29) is 11.4 Å². The third kappa shape index (κ3) is 2.76. The van der Waals surface area contributed by atoms with E-state index in [1.54, 1.807) is 18.2 Å². The third-order valence-electron chi connectivity index (χ3n) is 3.08. The number of thioether (sulfide) groups is 1. The maximum Gasteiger partial charge on any atom is 0.256 e. The number of aromatic nitrogens is 2. The van der Waals surface area contributed by atoms with Crippen molar-refractivity contribution < 1.29 is 9.13 Å². The normalized spacial score (nSPS) is 14.1. The number of ether oxygens (including phenoxy) is 1. The van der Waals surface area contributed by atoms with Gasteiger partial charge in [0.05, 0.1) is 30.2 Å². The lowest BCUT2D eigenvalue weighted by atomic mass is 10.1. The van der Waals surface area contributed by atoms with Crippen molar-refractivity contribution in [1.29, 1.82) is 0 Å². The third-order valence-corrected chi connectivity index (χ3v) is 4.14. The predicted molar refractivity (Wildman–Crippen MR) is 74.2 cm³/mol.